The lowest BCUT2D eigenvalue weighted by atomic mass is 10.0. The van der Waals surface area contributed by atoms with Crippen LogP contribution in [0.2, 0.25) is 0 Å². The molecule has 0 N–H and O–H groups in total. The molecule has 2 heteroatoms. The van der Waals surface area contributed by atoms with E-state index >= 15 is 0 Å². The van der Waals surface area contributed by atoms with Crippen molar-refractivity contribution in [1.29, 1.82) is 0 Å². The molecule has 0 aromatic heterocycles. The zero-order chi connectivity index (χ0) is 10.4. The molecule has 0 aliphatic carbocycles. The molecule has 0 aromatic carbocycles. The average molecular weight is 187 g/mol. The number of hydrogen-bond acceptors (Lipinski definition) is 2. The molecule has 1 heterocycles. The molecule has 1 aliphatic rings. The molecule has 0 spiro atoms. The highest BCUT2D eigenvalue weighted by atomic mass is 16.5. The van der Waals surface area contributed by atoms with Crippen molar-refractivity contribution in [1.82, 2.24) is 4.90 Å². The Labute approximate surface area is 83.3 Å². The van der Waals surface area contributed by atoms with Gasteiger partial charge in [-0.1, -0.05) is 27.7 Å². The molecule has 2 atom stereocenters. The van der Waals surface area contributed by atoms with Gasteiger partial charge in [-0.25, -0.2) is 0 Å². The number of ether oxygens (including phenoxy) is 1. The van der Waals surface area contributed by atoms with Gasteiger partial charge in [-0.3, -0.25) is 0 Å². The molecule has 0 unspecified atom stereocenters. The molecule has 80 valence electrons. The zero-order valence-corrected chi connectivity index (χ0v) is 10.0. The number of hydrogen-bond donors (Lipinski definition) is 0. The van der Waals surface area contributed by atoms with Crippen LogP contribution in [0.25, 0.3) is 0 Å². The van der Waals surface area contributed by atoms with E-state index in [0.29, 0.717) is 6.10 Å². The summed E-state index contributed by atoms with van der Waals surface area (Å²) >= 11 is 0. The number of rotatable bonds is 2. The summed E-state index contributed by atoms with van der Waals surface area (Å²) in [4.78, 5) is 2.40. The predicted molar refractivity (Wildman–Crippen MR) is 58.0 cm³/mol. The van der Waals surface area contributed by atoms with E-state index in [0.717, 1.165) is 18.5 Å². The molecule has 0 bridgehead atoms. The summed E-state index contributed by atoms with van der Waals surface area (Å²) in [5.41, 5.74) is 0. The Kier molecular flexibility index (Phi) is 6.35. The quantitative estimate of drug-likeness (QED) is 0.658. The van der Waals surface area contributed by atoms with Crippen molar-refractivity contribution in [3.8, 4) is 0 Å². The van der Waals surface area contributed by atoms with Gasteiger partial charge < -0.3 is 9.64 Å². The van der Waals surface area contributed by atoms with Crippen LogP contribution in [0.15, 0.2) is 0 Å². The van der Waals surface area contributed by atoms with Crippen LogP contribution in [-0.2, 0) is 4.74 Å². The first kappa shape index (κ1) is 12.9. The smallest absolute Gasteiger partial charge is 0.0713 e. The van der Waals surface area contributed by atoms with Crippen molar-refractivity contribution in [2.45, 2.75) is 46.3 Å². The predicted octanol–water partition coefficient (Wildman–Crippen LogP) is 2.39. The van der Waals surface area contributed by atoms with Gasteiger partial charge in [0.1, 0.15) is 0 Å². The molecule has 0 saturated carbocycles. The van der Waals surface area contributed by atoms with Crippen molar-refractivity contribution < 1.29 is 4.74 Å². The Bertz CT molecular complexity index is 125. The monoisotopic (exact) mass is 187 g/mol. The van der Waals surface area contributed by atoms with Crippen molar-refractivity contribution in [2.24, 2.45) is 5.92 Å². The lowest BCUT2D eigenvalue weighted by Gasteiger charge is -2.22. The summed E-state index contributed by atoms with van der Waals surface area (Å²) in [5, 5.41) is 0. The fraction of sp³-hybridized carbons (Fsp3) is 1.00. The minimum absolute atomic E-state index is 0.465. The van der Waals surface area contributed by atoms with Gasteiger partial charge in [-0.2, -0.15) is 0 Å². The average Bonchev–Trinajstić information content (AvgIpc) is 2.50. The van der Waals surface area contributed by atoms with Crippen LogP contribution in [0.1, 0.15) is 34.1 Å². The van der Waals surface area contributed by atoms with Gasteiger partial charge in [-0.15, -0.1) is 0 Å². The van der Waals surface area contributed by atoms with Crippen LogP contribution in [0.3, 0.4) is 0 Å². The number of methoxy groups -OCH3 is 1. The van der Waals surface area contributed by atoms with E-state index in [-0.39, 0.29) is 0 Å². The highest BCUT2D eigenvalue weighted by molar-refractivity contribution is 4.85. The number of nitrogens with zero attached hydrogens (tertiary/aromatic N) is 1. The van der Waals surface area contributed by atoms with E-state index < -0.39 is 0 Å². The van der Waals surface area contributed by atoms with Gasteiger partial charge in [0, 0.05) is 19.7 Å². The second-order valence-electron chi connectivity index (χ2n) is 3.84. The largest absolute Gasteiger partial charge is 0.380 e. The van der Waals surface area contributed by atoms with Crippen molar-refractivity contribution in [2.75, 3.05) is 20.7 Å². The molecule has 0 amide bonds. The lowest BCUT2D eigenvalue weighted by Crippen LogP contribution is -2.29. The molecule has 0 radical (unpaired) electrons. The number of likely N-dealkylation sites (N-methyl/N-ethyl adjacent to an activating group) is 1. The van der Waals surface area contributed by atoms with E-state index in [4.69, 9.17) is 4.74 Å². The minimum Gasteiger partial charge on any atom is -0.380 e. The fourth-order valence-electron chi connectivity index (χ4n) is 1.93. The summed E-state index contributed by atoms with van der Waals surface area (Å²) in [6.07, 6.45) is 1.66. The Morgan fingerprint density at radius 2 is 1.85 bits per heavy atom. The van der Waals surface area contributed by atoms with Gasteiger partial charge in [0.15, 0.2) is 0 Å². The third-order valence-corrected chi connectivity index (χ3v) is 2.67. The second kappa shape index (κ2) is 6.39. The Morgan fingerprint density at radius 1 is 1.31 bits per heavy atom. The summed E-state index contributed by atoms with van der Waals surface area (Å²) in [6.45, 7) is 9.65. The first-order chi connectivity index (χ1) is 6.15. The summed E-state index contributed by atoms with van der Waals surface area (Å²) in [7, 11) is 3.99. The summed E-state index contributed by atoms with van der Waals surface area (Å²) in [5.74, 6) is 0.750. The Morgan fingerprint density at radius 3 is 2.08 bits per heavy atom. The Hall–Kier alpha value is -0.0800. The molecule has 13 heavy (non-hydrogen) atoms. The maximum atomic E-state index is 5.32. The maximum absolute atomic E-state index is 5.32. The van der Waals surface area contributed by atoms with Crippen LogP contribution < -0.4 is 0 Å². The molecule has 2 nitrogen and oxygen atoms in total. The highest BCUT2D eigenvalue weighted by Gasteiger charge is 2.30. The summed E-state index contributed by atoms with van der Waals surface area (Å²) in [6, 6.07) is 0.722. The molecule has 1 aliphatic heterocycles. The standard InChI is InChI=1S/C9H19NO.C2H6/c1-7(2)9-5-8(11-4)6-10(9)3;1-2/h7-9H,5-6H2,1-4H3;1-2H3/t8-,9+;/m1./s1. The van der Waals surface area contributed by atoms with E-state index in [1.54, 1.807) is 7.11 Å². The fourth-order valence-corrected chi connectivity index (χ4v) is 1.93. The van der Waals surface area contributed by atoms with Crippen LogP contribution in [0.5, 0.6) is 0 Å². The van der Waals surface area contributed by atoms with Crippen LogP contribution >= 0.6 is 0 Å². The van der Waals surface area contributed by atoms with E-state index in [2.05, 4.69) is 25.8 Å². The molecular formula is C11H25NO. The molecular weight excluding hydrogens is 162 g/mol. The van der Waals surface area contributed by atoms with Crippen LogP contribution in [0.4, 0.5) is 0 Å². The lowest BCUT2D eigenvalue weighted by molar-refractivity contribution is 0.111. The van der Waals surface area contributed by atoms with Crippen molar-refractivity contribution in [3.63, 3.8) is 0 Å². The van der Waals surface area contributed by atoms with Gasteiger partial charge in [0.2, 0.25) is 0 Å². The Balaban J connectivity index is 0.000000671. The zero-order valence-electron chi connectivity index (χ0n) is 10.0. The van der Waals surface area contributed by atoms with Gasteiger partial charge >= 0.3 is 0 Å². The highest BCUT2D eigenvalue weighted by Crippen LogP contribution is 2.23. The van der Waals surface area contributed by atoms with E-state index in [9.17, 15) is 0 Å². The SMILES string of the molecule is CC.CO[C@@H]1C[C@@H](C(C)C)N(C)C1. The first-order valence-corrected chi connectivity index (χ1v) is 5.38. The third-order valence-electron chi connectivity index (χ3n) is 2.67. The molecule has 0 aromatic rings. The minimum atomic E-state index is 0.465. The van der Waals surface area contributed by atoms with Crippen LogP contribution in [-0.4, -0.2) is 37.7 Å². The van der Waals surface area contributed by atoms with Gasteiger partial charge in [0.25, 0.3) is 0 Å². The van der Waals surface area contributed by atoms with Crippen molar-refractivity contribution in [3.05, 3.63) is 0 Å². The summed E-state index contributed by atoms with van der Waals surface area (Å²) < 4.78 is 5.32. The van der Waals surface area contributed by atoms with Crippen LogP contribution in [0, 0.1) is 5.92 Å². The third kappa shape index (κ3) is 3.65. The van der Waals surface area contributed by atoms with Crippen molar-refractivity contribution >= 4 is 0 Å². The van der Waals surface area contributed by atoms with E-state index in [1.165, 1.54) is 6.42 Å². The topological polar surface area (TPSA) is 12.5 Å². The number of likely N-dealkylation sites (tertiary alicyclic amines) is 1. The molecule has 1 saturated heterocycles. The molecule has 1 rings (SSSR count). The normalized spacial score (nSPS) is 28.8. The first-order valence-electron chi connectivity index (χ1n) is 5.38. The van der Waals surface area contributed by atoms with E-state index in [1.807, 2.05) is 13.8 Å². The van der Waals surface area contributed by atoms with Gasteiger partial charge in [0.05, 0.1) is 6.10 Å². The molecule has 1 fully saturated rings. The maximum Gasteiger partial charge on any atom is 0.0713 e. The van der Waals surface area contributed by atoms with Gasteiger partial charge in [-0.05, 0) is 19.4 Å². The second-order valence-corrected chi connectivity index (χ2v) is 3.84.